The highest BCUT2D eigenvalue weighted by molar-refractivity contribution is 6.32. The van der Waals surface area contributed by atoms with Crippen LogP contribution >= 0.6 is 11.6 Å². The number of nitrogens with one attached hydrogen (secondary N) is 1. The molecule has 0 aliphatic carbocycles. The number of phenolic OH excluding ortho intramolecular Hbond substituents is 2. The fraction of sp³-hybridized carbons (Fsp3) is 0.308. The van der Waals surface area contributed by atoms with Crippen molar-refractivity contribution in [3.63, 3.8) is 0 Å². The largest absolute Gasteiger partial charge is 0.507 e. The van der Waals surface area contributed by atoms with E-state index in [0.29, 0.717) is 6.54 Å². The van der Waals surface area contributed by atoms with Gasteiger partial charge in [-0.25, -0.2) is 0 Å². The second kappa shape index (κ2) is 10.7. The van der Waals surface area contributed by atoms with E-state index in [1.165, 1.54) is 11.6 Å². The van der Waals surface area contributed by atoms with Gasteiger partial charge >= 0.3 is 0 Å². The summed E-state index contributed by atoms with van der Waals surface area (Å²) < 4.78 is 0. The number of hydrogen-bond acceptors (Lipinski definition) is 5. The molecule has 33 heavy (non-hydrogen) atoms. The first kappa shape index (κ1) is 23.1. The van der Waals surface area contributed by atoms with Crippen molar-refractivity contribution in [1.29, 1.82) is 0 Å². The highest BCUT2D eigenvalue weighted by atomic mass is 35.5. The molecule has 1 aliphatic rings. The number of rotatable bonds is 8. The molecule has 1 atom stereocenters. The summed E-state index contributed by atoms with van der Waals surface area (Å²) in [7, 11) is 0. The third-order valence-corrected chi connectivity index (χ3v) is 6.32. The van der Waals surface area contributed by atoms with Crippen LogP contribution in [-0.4, -0.2) is 39.1 Å². The first-order chi connectivity index (χ1) is 16.0. The van der Waals surface area contributed by atoms with Crippen LogP contribution in [0.1, 0.15) is 52.5 Å². The molecule has 172 valence electrons. The summed E-state index contributed by atoms with van der Waals surface area (Å²) in [6.07, 6.45) is 5.57. The van der Waals surface area contributed by atoms with Crippen molar-refractivity contribution in [2.45, 2.75) is 38.3 Å². The van der Waals surface area contributed by atoms with Gasteiger partial charge < -0.3 is 20.4 Å². The van der Waals surface area contributed by atoms with E-state index in [1.54, 1.807) is 4.90 Å². The number of aromatic hydroxyl groups is 2. The van der Waals surface area contributed by atoms with Crippen LogP contribution in [0.3, 0.4) is 0 Å². The van der Waals surface area contributed by atoms with Gasteiger partial charge in [-0.3, -0.25) is 9.78 Å². The summed E-state index contributed by atoms with van der Waals surface area (Å²) in [5, 5.41) is 23.3. The van der Waals surface area contributed by atoms with Crippen LogP contribution in [0.15, 0.2) is 60.8 Å². The number of phenols is 2. The van der Waals surface area contributed by atoms with E-state index in [2.05, 4.69) is 34.6 Å². The van der Waals surface area contributed by atoms with Crippen LogP contribution < -0.4 is 5.32 Å². The SMILES string of the molecule is O=C(c1cc(Cl)c(O)cc1O)N1CCCC1c1ccc(CNCCCc2ccccn2)cc1. The van der Waals surface area contributed by atoms with Gasteiger partial charge in [-0.2, -0.15) is 0 Å². The number of hydrogen-bond donors (Lipinski definition) is 3. The second-order valence-corrected chi connectivity index (χ2v) is 8.73. The van der Waals surface area contributed by atoms with Gasteiger partial charge in [-0.05, 0) is 61.6 Å². The van der Waals surface area contributed by atoms with Crippen LogP contribution in [0.25, 0.3) is 0 Å². The van der Waals surface area contributed by atoms with Crippen LogP contribution in [0.2, 0.25) is 5.02 Å². The van der Waals surface area contributed by atoms with E-state index in [4.69, 9.17) is 11.6 Å². The van der Waals surface area contributed by atoms with Gasteiger partial charge in [0.05, 0.1) is 16.6 Å². The van der Waals surface area contributed by atoms with Crippen LogP contribution in [0.5, 0.6) is 11.5 Å². The molecule has 0 spiro atoms. The van der Waals surface area contributed by atoms with Crippen molar-refractivity contribution in [3.05, 3.63) is 88.2 Å². The predicted octanol–water partition coefficient (Wildman–Crippen LogP) is 4.85. The molecule has 3 aromatic rings. The molecule has 1 fully saturated rings. The van der Waals surface area contributed by atoms with E-state index in [1.807, 2.05) is 24.4 Å². The molecule has 1 aliphatic heterocycles. The van der Waals surface area contributed by atoms with E-state index in [-0.39, 0.29) is 34.0 Å². The van der Waals surface area contributed by atoms with E-state index in [9.17, 15) is 15.0 Å². The molecule has 3 N–H and O–H groups in total. The average Bonchev–Trinajstić information content (AvgIpc) is 3.32. The van der Waals surface area contributed by atoms with Gasteiger partial charge in [-0.15, -0.1) is 0 Å². The predicted molar refractivity (Wildman–Crippen MR) is 128 cm³/mol. The molecule has 0 bridgehead atoms. The molecule has 6 nitrogen and oxygen atoms in total. The van der Waals surface area contributed by atoms with Crippen LogP contribution in [0, 0.1) is 0 Å². The lowest BCUT2D eigenvalue weighted by Crippen LogP contribution is -2.30. The number of aryl methyl sites for hydroxylation is 1. The summed E-state index contributed by atoms with van der Waals surface area (Å²) in [4.78, 5) is 19.2. The number of aromatic nitrogens is 1. The minimum absolute atomic E-state index is 0.0452. The molecule has 1 saturated heterocycles. The van der Waals surface area contributed by atoms with Crippen molar-refractivity contribution in [2.75, 3.05) is 13.1 Å². The number of likely N-dealkylation sites (tertiary alicyclic amines) is 1. The number of nitrogens with zero attached hydrogens (tertiary/aromatic N) is 2. The number of carbonyl (C=O) groups excluding carboxylic acids is 1. The fourth-order valence-corrected chi connectivity index (χ4v) is 4.43. The lowest BCUT2D eigenvalue weighted by Gasteiger charge is -2.26. The molecule has 2 aromatic carbocycles. The minimum Gasteiger partial charge on any atom is -0.507 e. The van der Waals surface area contributed by atoms with Crippen molar-refractivity contribution >= 4 is 17.5 Å². The highest BCUT2D eigenvalue weighted by Gasteiger charge is 2.32. The third-order valence-electron chi connectivity index (χ3n) is 6.02. The number of amides is 1. The molecule has 7 heteroatoms. The standard InChI is InChI=1S/C26H28ClN3O3/c27-22-15-21(24(31)16-25(22)32)26(33)30-14-4-7-23(30)19-10-8-18(9-11-19)17-28-12-3-6-20-5-1-2-13-29-20/h1-2,5,8-11,13,15-16,23,28,31-32H,3-4,6-7,12,14,17H2. The number of benzene rings is 2. The first-order valence-electron chi connectivity index (χ1n) is 11.2. The molecular weight excluding hydrogens is 438 g/mol. The zero-order chi connectivity index (χ0) is 23.2. The summed E-state index contributed by atoms with van der Waals surface area (Å²) in [6.45, 7) is 2.32. The smallest absolute Gasteiger partial charge is 0.258 e. The summed E-state index contributed by atoms with van der Waals surface area (Å²) in [5.41, 5.74) is 3.48. The van der Waals surface area contributed by atoms with Gasteiger partial charge in [-0.1, -0.05) is 41.9 Å². The summed E-state index contributed by atoms with van der Waals surface area (Å²) >= 11 is 5.96. The Morgan fingerprint density at radius 1 is 1.12 bits per heavy atom. The Morgan fingerprint density at radius 2 is 1.94 bits per heavy atom. The Balaban J connectivity index is 1.33. The quantitative estimate of drug-likeness (QED) is 0.414. The Labute approximate surface area is 198 Å². The van der Waals surface area contributed by atoms with Crippen LogP contribution in [-0.2, 0) is 13.0 Å². The molecule has 1 unspecified atom stereocenters. The van der Waals surface area contributed by atoms with Gasteiger partial charge in [0.25, 0.3) is 5.91 Å². The van der Waals surface area contributed by atoms with Crippen molar-refractivity contribution in [3.8, 4) is 11.5 Å². The Morgan fingerprint density at radius 3 is 2.70 bits per heavy atom. The molecule has 1 amide bonds. The summed E-state index contributed by atoms with van der Waals surface area (Å²) in [6, 6.07) is 16.7. The zero-order valence-corrected chi connectivity index (χ0v) is 19.1. The topological polar surface area (TPSA) is 85.7 Å². The van der Waals surface area contributed by atoms with Gasteiger partial charge in [0.15, 0.2) is 0 Å². The fourth-order valence-electron chi connectivity index (χ4n) is 4.26. The normalized spacial score (nSPS) is 15.7. The average molecular weight is 466 g/mol. The molecule has 2 heterocycles. The first-order valence-corrected chi connectivity index (χ1v) is 11.6. The number of carbonyl (C=O) groups is 1. The van der Waals surface area contributed by atoms with Crippen LogP contribution in [0.4, 0.5) is 0 Å². The van der Waals surface area contributed by atoms with Crippen molar-refractivity contribution in [1.82, 2.24) is 15.2 Å². The maximum Gasteiger partial charge on any atom is 0.258 e. The van der Waals surface area contributed by atoms with Gasteiger partial charge in [0.1, 0.15) is 11.5 Å². The lowest BCUT2D eigenvalue weighted by molar-refractivity contribution is 0.0732. The molecular formula is C26H28ClN3O3. The molecule has 4 rings (SSSR count). The number of pyridine rings is 1. The third kappa shape index (κ3) is 5.64. The zero-order valence-electron chi connectivity index (χ0n) is 18.4. The van der Waals surface area contributed by atoms with E-state index in [0.717, 1.165) is 56.1 Å². The number of halogens is 1. The Bertz CT molecular complexity index is 1090. The maximum absolute atomic E-state index is 13.1. The minimum atomic E-state index is -0.282. The second-order valence-electron chi connectivity index (χ2n) is 8.32. The Kier molecular flexibility index (Phi) is 7.47. The van der Waals surface area contributed by atoms with Crippen molar-refractivity contribution in [2.24, 2.45) is 0 Å². The van der Waals surface area contributed by atoms with Gasteiger partial charge in [0, 0.05) is 31.0 Å². The monoisotopic (exact) mass is 465 g/mol. The van der Waals surface area contributed by atoms with E-state index >= 15 is 0 Å². The van der Waals surface area contributed by atoms with Crippen molar-refractivity contribution < 1.29 is 15.0 Å². The molecule has 1 aromatic heterocycles. The molecule has 0 saturated carbocycles. The van der Waals surface area contributed by atoms with Gasteiger partial charge in [0.2, 0.25) is 0 Å². The summed E-state index contributed by atoms with van der Waals surface area (Å²) in [5.74, 6) is -0.794. The Hall–Kier alpha value is -3.09. The van der Waals surface area contributed by atoms with E-state index < -0.39 is 0 Å². The maximum atomic E-state index is 13.1. The lowest BCUT2D eigenvalue weighted by atomic mass is 10.0. The molecule has 0 radical (unpaired) electrons. The highest BCUT2D eigenvalue weighted by Crippen LogP contribution is 2.37.